The lowest BCUT2D eigenvalue weighted by molar-refractivity contribution is -0.131. The topological polar surface area (TPSA) is 85.8 Å². The molecule has 0 aliphatic heterocycles. The van der Waals surface area contributed by atoms with Gasteiger partial charge in [-0.15, -0.1) is 11.3 Å². The fourth-order valence-corrected chi connectivity index (χ4v) is 5.17. The molecule has 2 aromatic carbocycles. The smallest absolute Gasteiger partial charge is 0.255 e. The van der Waals surface area contributed by atoms with Gasteiger partial charge in [0.1, 0.15) is 6.54 Å². The summed E-state index contributed by atoms with van der Waals surface area (Å²) in [6.07, 6.45) is 0.125. The largest absolute Gasteiger partial charge is 0.337 e. The maximum Gasteiger partial charge on any atom is 0.255 e. The van der Waals surface area contributed by atoms with Crippen LogP contribution in [0, 0.1) is 5.92 Å². The highest BCUT2D eigenvalue weighted by Crippen LogP contribution is 2.23. The third-order valence-corrected chi connectivity index (χ3v) is 7.24. The molecule has 0 aliphatic rings. The van der Waals surface area contributed by atoms with Crippen LogP contribution >= 0.6 is 34.5 Å². The summed E-state index contributed by atoms with van der Waals surface area (Å²) in [4.78, 5) is 49.0. The number of benzene rings is 2. The minimum atomic E-state index is -0.386. The molecule has 0 atom stereocenters. The number of rotatable bonds is 13. The van der Waals surface area contributed by atoms with Gasteiger partial charge in [-0.05, 0) is 43.8 Å². The van der Waals surface area contributed by atoms with Gasteiger partial charge in [0, 0.05) is 36.6 Å². The Labute approximate surface area is 249 Å². The predicted octanol–water partition coefficient (Wildman–Crippen LogP) is 5.32. The summed E-state index contributed by atoms with van der Waals surface area (Å²) in [6.45, 7) is 5.97. The fraction of sp³-hybridized carbons (Fsp3) is 0.379. The van der Waals surface area contributed by atoms with Crippen LogP contribution in [0.15, 0.2) is 53.9 Å². The fourth-order valence-electron chi connectivity index (χ4n) is 3.95. The standard InChI is InChI=1S/C29H35Cl2N5O3S/c1-20(2)16-36(28(39)24-11-10-22(30)14-25(24)31)18-26(37)33-29-32-23(19-40-29)15-27(38)35(13-12-34(3)4)17-21-8-6-5-7-9-21/h5-11,14,19-20H,12-13,15-18H2,1-4H3,(H,32,33,37). The van der Waals surface area contributed by atoms with Crippen LogP contribution in [0.5, 0.6) is 0 Å². The molecular weight excluding hydrogens is 569 g/mol. The van der Waals surface area contributed by atoms with Crippen molar-refractivity contribution in [2.75, 3.05) is 45.6 Å². The van der Waals surface area contributed by atoms with Crippen molar-refractivity contribution in [1.29, 1.82) is 0 Å². The second-order valence-electron chi connectivity index (χ2n) is 10.2. The highest BCUT2D eigenvalue weighted by Gasteiger charge is 2.23. The van der Waals surface area contributed by atoms with Crippen LogP contribution in [0.3, 0.4) is 0 Å². The maximum absolute atomic E-state index is 13.2. The van der Waals surface area contributed by atoms with E-state index in [0.29, 0.717) is 35.5 Å². The molecule has 1 aromatic heterocycles. The average molecular weight is 605 g/mol. The van der Waals surface area contributed by atoms with Gasteiger partial charge in [-0.3, -0.25) is 14.4 Å². The number of nitrogens with one attached hydrogen (secondary N) is 1. The number of hydrogen-bond acceptors (Lipinski definition) is 6. The second-order valence-corrected chi connectivity index (χ2v) is 11.9. The lowest BCUT2D eigenvalue weighted by Crippen LogP contribution is -2.40. The normalized spacial score (nSPS) is 11.1. The molecular formula is C29H35Cl2N5O3S. The zero-order valence-electron chi connectivity index (χ0n) is 23.2. The van der Waals surface area contributed by atoms with E-state index in [1.807, 2.05) is 68.1 Å². The van der Waals surface area contributed by atoms with E-state index in [1.54, 1.807) is 17.5 Å². The van der Waals surface area contributed by atoms with E-state index >= 15 is 0 Å². The predicted molar refractivity (Wildman–Crippen MR) is 162 cm³/mol. The molecule has 0 fully saturated rings. The average Bonchev–Trinajstić information content (AvgIpc) is 3.32. The Morgan fingerprint density at radius 3 is 2.38 bits per heavy atom. The van der Waals surface area contributed by atoms with E-state index in [2.05, 4.69) is 10.3 Å². The summed E-state index contributed by atoms with van der Waals surface area (Å²) in [5, 5.41) is 5.56. The van der Waals surface area contributed by atoms with Crippen LogP contribution < -0.4 is 5.32 Å². The Morgan fingerprint density at radius 2 is 1.73 bits per heavy atom. The van der Waals surface area contributed by atoms with Crippen molar-refractivity contribution in [3.05, 3.63) is 80.8 Å². The number of carbonyl (C=O) groups is 3. The molecule has 11 heteroatoms. The molecule has 0 bridgehead atoms. The van der Waals surface area contributed by atoms with Gasteiger partial charge in [-0.25, -0.2) is 4.98 Å². The van der Waals surface area contributed by atoms with Crippen molar-refractivity contribution < 1.29 is 14.4 Å². The zero-order valence-corrected chi connectivity index (χ0v) is 25.5. The van der Waals surface area contributed by atoms with Crippen molar-refractivity contribution in [1.82, 2.24) is 19.7 Å². The highest BCUT2D eigenvalue weighted by atomic mass is 35.5. The molecule has 0 radical (unpaired) electrons. The number of thiazole rings is 1. The maximum atomic E-state index is 13.2. The molecule has 0 saturated carbocycles. The summed E-state index contributed by atoms with van der Waals surface area (Å²) in [5.74, 6) is -0.649. The molecule has 214 valence electrons. The van der Waals surface area contributed by atoms with Crippen molar-refractivity contribution in [2.45, 2.75) is 26.8 Å². The number of carbonyl (C=O) groups excluding carboxylic acids is 3. The third kappa shape index (κ3) is 9.89. The van der Waals surface area contributed by atoms with Gasteiger partial charge < -0.3 is 20.0 Å². The van der Waals surface area contributed by atoms with Gasteiger partial charge >= 0.3 is 0 Å². The van der Waals surface area contributed by atoms with Crippen LogP contribution in [0.1, 0.15) is 35.5 Å². The summed E-state index contributed by atoms with van der Waals surface area (Å²) in [7, 11) is 3.95. The molecule has 1 N–H and O–H groups in total. The first-order chi connectivity index (χ1) is 19.0. The summed E-state index contributed by atoms with van der Waals surface area (Å²) in [5.41, 5.74) is 1.92. The summed E-state index contributed by atoms with van der Waals surface area (Å²) < 4.78 is 0. The Hall–Kier alpha value is -2.98. The third-order valence-electron chi connectivity index (χ3n) is 5.89. The van der Waals surface area contributed by atoms with Crippen LogP contribution in [0.2, 0.25) is 10.0 Å². The van der Waals surface area contributed by atoms with Crippen molar-refractivity contribution in [2.24, 2.45) is 5.92 Å². The van der Waals surface area contributed by atoms with E-state index < -0.39 is 0 Å². The molecule has 0 unspecified atom stereocenters. The van der Waals surface area contributed by atoms with E-state index in [-0.39, 0.29) is 47.2 Å². The zero-order chi connectivity index (χ0) is 29.2. The van der Waals surface area contributed by atoms with E-state index in [9.17, 15) is 14.4 Å². The Kier molecular flexibility index (Phi) is 11.9. The van der Waals surface area contributed by atoms with E-state index in [1.165, 1.54) is 22.3 Å². The van der Waals surface area contributed by atoms with Gasteiger partial charge in [0.2, 0.25) is 11.8 Å². The quantitative estimate of drug-likeness (QED) is 0.286. The van der Waals surface area contributed by atoms with E-state index in [0.717, 1.165) is 12.1 Å². The minimum Gasteiger partial charge on any atom is -0.337 e. The Bertz CT molecular complexity index is 1300. The number of nitrogens with zero attached hydrogens (tertiary/aromatic N) is 4. The van der Waals surface area contributed by atoms with Crippen molar-refractivity contribution in [3.63, 3.8) is 0 Å². The lowest BCUT2D eigenvalue weighted by Gasteiger charge is -2.24. The first-order valence-corrected chi connectivity index (χ1v) is 14.6. The second kappa shape index (κ2) is 15.1. The summed E-state index contributed by atoms with van der Waals surface area (Å²) >= 11 is 13.5. The highest BCUT2D eigenvalue weighted by molar-refractivity contribution is 7.13. The van der Waals surface area contributed by atoms with Crippen LogP contribution in [0.25, 0.3) is 0 Å². The molecule has 3 aromatic rings. The van der Waals surface area contributed by atoms with Crippen molar-refractivity contribution in [3.8, 4) is 0 Å². The molecule has 8 nitrogen and oxygen atoms in total. The van der Waals surface area contributed by atoms with Gasteiger partial charge in [0.15, 0.2) is 5.13 Å². The number of amides is 3. The van der Waals surface area contributed by atoms with Gasteiger partial charge in [0.25, 0.3) is 5.91 Å². The monoisotopic (exact) mass is 603 g/mol. The number of halogens is 2. The Morgan fingerprint density at radius 1 is 1.00 bits per heavy atom. The van der Waals surface area contributed by atoms with Crippen LogP contribution in [-0.2, 0) is 22.6 Å². The molecule has 3 rings (SSSR count). The van der Waals surface area contributed by atoms with E-state index in [4.69, 9.17) is 23.2 Å². The minimum absolute atomic E-state index is 0.0394. The van der Waals surface area contributed by atoms with Gasteiger partial charge in [-0.1, -0.05) is 67.4 Å². The number of likely N-dealkylation sites (N-methyl/N-ethyl adjacent to an activating group) is 1. The number of anilines is 1. The summed E-state index contributed by atoms with van der Waals surface area (Å²) in [6, 6.07) is 14.5. The van der Waals surface area contributed by atoms with Crippen molar-refractivity contribution >= 4 is 57.4 Å². The van der Waals surface area contributed by atoms with Crippen LogP contribution in [-0.4, -0.2) is 77.7 Å². The molecule has 0 saturated heterocycles. The van der Waals surface area contributed by atoms with Gasteiger partial charge in [-0.2, -0.15) is 0 Å². The number of hydrogen-bond donors (Lipinski definition) is 1. The number of aromatic nitrogens is 1. The molecule has 0 aliphatic carbocycles. The molecule has 3 amide bonds. The Balaban J connectivity index is 1.63. The van der Waals surface area contributed by atoms with Crippen LogP contribution in [0.4, 0.5) is 5.13 Å². The van der Waals surface area contributed by atoms with Gasteiger partial charge in [0.05, 0.1) is 22.7 Å². The molecule has 0 spiro atoms. The molecule has 1 heterocycles. The molecule has 40 heavy (non-hydrogen) atoms. The SMILES string of the molecule is CC(C)CN(CC(=O)Nc1nc(CC(=O)N(CCN(C)C)Cc2ccccc2)cs1)C(=O)c1ccc(Cl)cc1Cl. The lowest BCUT2D eigenvalue weighted by atomic mass is 10.1. The first kappa shape index (κ1) is 31.5. The first-order valence-electron chi connectivity index (χ1n) is 13.0.